The molecule has 2 atom stereocenters. The van der Waals surface area contributed by atoms with E-state index < -0.39 is 15.9 Å². The van der Waals surface area contributed by atoms with Gasteiger partial charge in [0.1, 0.15) is 0 Å². The van der Waals surface area contributed by atoms with Gasteiger partial charge in [0.25, 0.3) is 5.91 Å². The summed E-state index contributed by atoms with van der Waals surface area (Å²) >= 11 is 0. The molecule has 0 unspecified atom stereocenters. The van der Waals surface area contributed by atoms with Gasteiger partial charge in [-0.1, -0.05) is 6.07 Å². The minimum absolute atomic E-state index is 0.0817. The summed E-state index contributed by atoms with van der Waals surface area (Å²) in [4.78, 5) is 17.3. The summed E-state index contributed by atoms with van der Waals surface area (Å²) in [5.41, 5.74) is 1.49. The van der Waals surface area contributed by atoms with Crippen molar-refractivity contribution in [2.75, 3.05) is 18.4 Å². The number of hydrogen-bond donors (Lipinski definition) is 1. The standard InChI is InChI=1S/C22H27N5O4S/c1-14(2)27-21-18(10-24-27)8-19(11-23-21)25-22(28)17-6-5-7-20(9-17)32(29,30)26-12-15(3)31-16(4)13-26/h5-11,14-16H,12-13H2,1-4H3,(H,25,28)/t15-,16+. The number of carbonyl (C=O) groups excluding carboxylic acids is 1. The van der Waals surface area contributed by atoms with E-state index >= 15 is 0 Å². The van der Waals surface area contributed by atoms with Crippen LogP contribution in [0.25, 0.3) is 11.0 Å². The quantitative estimate of drug-likeness (QED) is 0.631. The van der Waals surface area contributed by atoms with Gasteiger partial charge in [0.05, 0.1) is 35.2 Å². The lowest BCUT2D eigenvalue weighted by Crippen LogP contribution is -2.48. The van der Waals surface area contributed by atoms with Gasteiger partial charge in [0.15, 0.2) is 5.65 Å². The van der Waals surface area contributed by atoms with Gasteiger partial charge in [-0.2, -0.15) is 9.40 Å². The van der Waals surface area contributed by atoms with Crippen LogP contribution in [0.15, 0.2) is 47.6 Å². The Morgan fingerprint density at radius 2 is 1.88 bits per heavy atom. The van der Waals surface area contributed by atoms with Gasteiger partial charge in [-0.25, -0.2) is 18.1 Å². The molecule has 170 valence electrons. The molecule has 1 N–H and O–H groups in total. The molecule has 1 saturated heterocycles. The Morgan fingerprint density at radius 1 is 1.16 bits per heavy atom. The molecule has 1 aliphatic rings. The van der Waals surface area contributed by atoms with Crippen LogP contribution in [0.3, 0.4) is 0 Å². The van der Waals surface area contributed by atoms with Crippen LogP contribution in [0.1, 0.15) is 44.1 Å². The molecule has 0 radical (unpaired) electrons. The topological polar surface area (TPSA) is 106 Å². The average molecular weight is 458 g/mol. The minimum Gasteiger partial charge on any atom is -0.373 e. The average Bonchev–Trinajstić information content (AvgIpc) is 3.16. The lowest BCUT2D eigenvalue weighted by Gasteiger charge is -2.34. The molecule has 3 heterocycles. The number of benzene rings is 1. The Balaban J connectivity index is 1.55. The highest BCUT2D eigenvalue weighted by molar-refractivity contribution is 7.89. The van der Waals surface area contributed by atoms with Crippen molar-refractivity contribution in [3.63, 3.8) is 0 Å². The Bertz CT molecular complexity index is 1240. The van der Waals surface area contributed by atoms with E-state index in [0.29, 0.717) is 5.69 Å². The van der Waals surface area contributed by atoms with Gasteiger partial charge in [0.2, 0.25) is 10.0 Å². The minimum atomic E-state index is -3.74. The van der Waals surface area contributed by atoms with E-state index in [1.165, 1.54) is 16.4 Å². The van der Waals surface area contributed by atoms with Gasteiger partial charge in [-0.05, 0) is 52.0 Å². The van der Waals surface area contributed by atoms with Crippen molar-refractivity contribution in [1.29, 1.82) is 0 Å². The maximum Gasteiger partial charge on any atom is 0.255 e. The van der Waals surface area contributed by atoms with E-state index in [4.69, 9.17) is 4.74 Å². The van der Waals surface area contributed by atoms with Gasteiger partial charge in [-0.3, -0.25) is 4.79 Å². The first-order valence-electron chi connectivity index (χ1n) is 10.6. The number of nitrogens with one attached hydrogen (secondary N) is 1. The molecule has 0 spiro atoms. The van der Waals surface area contributed by atoms with Gasteiger partial charge in [0, 0.05) is 30.1 Å². The van der Waals surface area contributed by atoms with Crippen LogP contribution >= 0.6 is 0 Å². The van der Waals surface area contributed by atoms with Gasteiger partial charge >= 0.3 is 0 Å². The lowest BCUT2D eigenvalue weighted by atomic mass is 10.2. The molecule has 9 nitrogen and oxygen atoms in total. The molecule has 1 fully saturated rings. The molecule has 0 saturated carbocycles. The summed E-state index contributed by atoms with van der Waals surface area (Å²) in [6.07, 6.45) is 2.89. The molecule has 10 heteroatoms. The van der Waals surface area contributed by atoms with E-state index in [1.807, 2.05) is 32.4 Å². The van der Waals surface area contributed by atoms with Crippen molar-refractivity contribution in [3.05, 3.63) is 48.3 Å². The molecule has 1 aromatic carbocycles. The highest BCUT2D eigenvalue weighted by Gasteiger charge is 2.32. The molecular weight excluding hydrogens is 430 g/mol. The Hall–Kier alpha value is -2.82. The van der Waals surface area contributed by atoms with E-state index in [9.17, 15) is 13.2 Å². The molecule has 32 heavy (non-hydrogen) atoms. The third-order valence-electron chi connectivity index (χ3n) is 5.30. The van der Waals surface area contributed by atoms with Crippen molar-refractivity contribution < 1.29 is 17.9 Å². The first kappa shape index (κ1) is 22.4. The van der Waals surface area contributed by atoms with Crippen LogP contribution in [-0.2, 0) is 14.8 Å². The number of ether oxygens (including phenoxy) is 1. The van der Waals surface area contributed by atoms with E-state index in [0.717, 1.165) is 11.0 Å². The first-order valence-corrected chi connectivity index (χ1v) is 12.0. The number of carbonyl (C=O) groups is 1. The van der Waals surface area contributed by atoms with Crippen molar-refractivity contribution in [1.82, 2.24) is 19.1 Å². The zero-order valence-electron chi connectivity index (χ0n) is 18.5. The van der Waals surface area contributed by atoms with E-state index in [-0.39, 0.29) is 41.8 Å². The second-order valence-electron chi connectivity index (χ2n) is 8.38. The third-order valence-corrected chi connectivity index (χ3v) is 7.13. The normalized spacial score (nSPS) is 20.0. The lowest BCUT2D eigenvalue weighted by molar-refractivity contribution is -0.0440. The van der Waals surface area contributed by atoms with Crippen LogP contribution in [0.5, 0.6) is 0 Å². The van der Waals surface area contributed by atoms with Crippen LogP contribution in [0, 0.1) is 0 Å². The highest BCUT2D eigenvalue weighted by atomic mass is 32.2. The fraction of sp³-hybridized carbons (Fsp3) is 0.409. The summed E-state index contributed by atoms with van der Waals surface area (Å²) in [6.45, 7) is 8.28. The number of nitrogens with zero attached hydrogens (tertiary/aromatic N) is 4. The molecule has 0 aliphatic carbocycles. The zero-order valence-corrected chi connectivity index (χ0v) is 19.3. The van der Waals surface area contributed by atoms with E-state index in [1.54, 1.807) is 30.6 Å². The van der Waals surface area contributed by atoms with Crippen LogP contribution in [-0.4, -0.2) is 58.7 Å². The summed E-state index contributed by atoms with van der Waals surface area (Å²) in [5.74, 6) is -0.414. The second-order valence-corrected chi connectivity index (χ2v) is 10.3. The number of sulfonamides is 1. The summed E-state index contributed by atoms with van der Waals surface area (Å²) < 4.78 is 35.1. The largest absolute Gasteiger partial charge is 0.373 e. The molecule has 4 rings (SSSR count). The number of hydrogen-bond acceptors (Lipinski definition) is 6. The molecule has 1 aliphatic heterocycles. The van der Waals surface area contributed by atoms with Crippen LogP contribution in [0.2, 0.25) is 0 Å². The number of amides is 1. The predicted molar refractivity (Wildman–Crippen MR) is 121 cm³/mol. The number of rotatable bonds is 5. The van der Waals surface area contributed by atoms with E-state index in [2.05, 4.69) is 15.4 Å². The maximum absolute atomic E-state index is 13.1. The Morgan fingerprint density at radius 3 is 2.56 bits per heavy atom. The van der Waals surface area contributed by atoms with Crippen LogP contribution < -0.4 is 5.32 Å². The third kappa shape index (κ3) is 4.38. The SMILES string of the molecule is CC(C)n1ncc2cc(NC(=O)c3cccc(S(=O)(=O)N4C[C@@H](C)O[C@@H](C)C4)c3)cnc21. The molecule has 1 amide bonds. The summed E-state index contributed by atoms with van der Waals surface area (Å²) in [5, 5.41) is 7.93. The Kier molecular flexibility index (Phi) is 6.02. The number of morpholine rings is 1. The van der Waals surface area contributed by atoms with Gasteiger partial charge in [-0.15, -0.1) is 0 Å². The van der Waals surface area contributed by atoms with Crippen LogP contribution in [0.4, 0.5) is 5.69 Å². The molecule has 2 aromatic heterocycles. The zero-order chi connectivity index (χ0) is 23.0. The molecule has 3 aromatic rings. The molecule has 0 bridgehead atoms. The highest BCUT2D eigenvalue weighted by Crippen LogP contribution is 2.23. The number of aromatic nitrogens is 3. The van der Waals surface area contributed by atoms with Crippen molar-refractivity contribution >= 4 is 32.7 Å². The van der Waals surface area contributed by atoms with Gasteiger partial charge < -0.3 is 10.1 Å². The van der Waals surface area contributed by atoms with Crippen molar-refractivity contribution in [2.45, 2.75) is 50.8 Å². The Labute approximate surface area is 187 Å². The monoisotopic (exact) mass is 457 g/mol. The fourth-order valence-electron chi connectivity index (χ4n) is 3.86. The number of pyridine rings is 1. The summed E-state index contributed by atoms with van der Waals surface area (Å²) in [7, 11) is -3.74. The smallest absolute Gasteiger partial charge is 0.255 e. The fourth-order valence-corrected chi connectivity index (χ4v) is 5.50. The summed E-state index contributed by atoms with van der Waals surface area (Å²) in [6, 6.07) is 8.03. The second kappa shape index (κ2) is 8.61. The first-order chi connectivity index (χ1) is 15.1. The predicted octanol–water partition coefficient (Wildman–Crippen LogP) is 3.06. The molecular formula is C22H27N5O4S. The van der Waals surface area contributed by atoms with Crippen molar-refractivity contribution in [2.24, 2.45) is 0 Å². The number of anilines is 1. The maximum atomic E-state index is 13.1. The van der Waals surface area contributed by atoms with Crippen molar-refractivity contribution in [3.8, 4) is 0 Å². The number of fused-ring (bicyclic) bond motifs is 1.